The topological polar surface area (TPSA) is 74.6 Å². The average Bonchev–Trinajstić information content (AvgIpc) is 3.07. The Morgan fingerprint density at radius 2 is 1.81 bits per heavy atom. The van der Waals surface area contributed by atoms with Crippen molar-refractivity contribution in [1.82, 2.24) is 4.57 Å². The summed E-state index contributed by atoms with van der Waals surface area (Å²) in [5.41, 5.74) is -5.25. The fourth-order valence-corrected chi connectivity index (χ4v) is 3.74. The lowest BCUT2D eigenvalue weighted by Crippen LogP contribution is -2.29. The van der Waals surface area contributed by atoms with E-state index in [0.717, 1.165) is 23.0 Å². The zero-order valence-electron chi connectivity index (χ0n) is 13.7. The van der Waals surface area contributed by atoms with E-state index in [1.807, 2.05) is 0 Å². The molecule has 11 heteroatoms. The van der Waals surface area contributed by atoms with Gasteiger partial charge in [0, 0.05) is 6.07 Å². The number of hydrogen-bond donors (Lipinski definition) is 0. The number of halogens is 3. The number of fused-ring (bicyclic) bond motifs is 1. The highest BCUT2D eigenvalue weighted by Gasteiger charge is 2.48. The van der Waals surface area contributed by atoms with Crippen molar-refractivity contribution in [2.24, 2.45) is 0 Å². The van der Waals surface area contributed by atoms with Gasteiger partial charge in [0.25, 0.3) is 5.56 Å². The van der Waals surface area contributed by atoms with Gasteiger partial charge in [-0.2, -0.15) is 21.6 Å². The zero-order chi connectivity index (χ0) is 19.8. The highest BCUT2D eigenvalue weighted by atomic mass is 32.2. The first-order valence-electron chi connectivity index (χ1n) is 7.37. The monoisotopic (exact) mass is 419 g/mol. The number of ether oxygens (including phenoxy) is 1. The standard InChI is InChI=1S/C16H12F3NO5S2/c1-24-11-4-2-10(3-5-11)9-20-12-6-7-26-15(12)13(8-14(20)21)25-27(22,23)16(17,18)19/h2-8H,9H2,1H3. The Morgan fingerprint density at radius 3 is 2.41 bits per heavy atom. The molecule has 0 bridgehead atoms. The molecule has 3 rings (SSSR count). The van der Waals surface area contributed by atoms with Crippen molar-refractivity contribution < 1.29 is 30.5 Å². The van der Waals surface area contributed by atoms with Gasteiger partial charge in [0.1, 0.15) is 5.75 Å². The van der Waals surface area contributed by atoms with Crippen LogP contribution in [0.1, 0.15) is 5.56 Å². The number of hydrogen-bond acceptors (Lipinski definition) is 6. The third-order valence-corrected chi connectivity index (χ3v) is 5.55. The molecule has 6 nitrogen and oxygen atoms in total. The van der Waals surface area contributed by atoms with E-state index in [1.54, 1.807) is 24.3 Å². The minimum atomic E-state index is -5.87. The molecule has 27 heavy (non-hydrogen) atoms. The number of rotatable bonds is 5. The lowest BCUT2D eigenvalue weighted by atomic mass is 10.2. The highest BCUT2D eigenvalue weighted by Crippen LogP contribution is 2.33. The first-order chi connectivity index (χ1) is 12.6. The number of pyridine rings is 1. The number of thiophene rings is 1. The predicted octanol–water partition coefficient (Wildman–Crippen LogP) is 3.35. The van der Waals surface area contributed by atoms with Crippen LogP contribution < -0.4 is 14.5 Å². The number of methoxy groups -OCH3 is 1. The van der Waals surface area contributed by atoms with Crippen LogP contribution in [0.5, 0.6) is 11.5 Å². The van der Waals surface area contributed by atoms with Crippen LogP contribution in [-0.4, -0.2) is 25.6 Å². The second-order valence-corrected chi connectivity index (χ2v) is 7.85. The molecular formula is C16H12F3NO5S2. The normalized spacial score (nSPS) is 12.3. The van der Waals surface area contributed by atoms with Crippen LogP contribution in [0.3, 0.4) is 0 Å². The van der Waals surface area contributed by atoms with Crippen LogP contribution in [0, 0.1) is 0 Å². The summed E-state index contributed by atoms with van der Waals surface area (Å²) >= 11 is 0.968. The van der Waals surface area contributed by atoms with E-state index in [0.29, 0.717) is 5.75 Å². The fraction of sp³-hybridized carbons (Fsp3) is 0.188. The predicted molar refractivity (Wildman–Crippen MR) is 93.8 cm³/mol. The van der Waals surface area contributed by atoms with E-state index in [4.69, 9.17) is 4.74 Å². The van der Waals surface area contributed by atoms with Gasteiger partial charge in [0.05, 0.1) is 23.9 Å². The Bertz CT molecular complexity index is 1130. The van der Waals surface area contributed by atoms with Gasteiger partial charge in [-0.15, -0.1) is 11.3 Å². The molecule has 0 fully saturated rings. The molecule has 0 aliphatic rings. The summed E-state index contributed by atoms with van der Waals surface area (Å²) in [7, 11) is -4.36. The smallest absolute Gasteiger partial charge is 0.497 e. The van der Waals surface area contributed by atoms with Crippen LogP contribution in [0.2, 0.25) is 0 Å². The van der Waals surface area contributed by atoms with Crippen molar-refractivity contribution in [2.75, 3.05) is 7.11 Å². The van der Waals surface area contributed by atoms with Crippen LogP contribution in [-0.2, 0) is 16.7 Å². The molecule has 0 radical (unpaired) electrons. The summed E-state index contributed by atoms with van der Waals surface area (Å²) in [6, 6.07) is 9.14. The Balaban J connectivity index is 2.03. The van der Waals surface area contributed by atoms with Gasteiger partial charge in [0.2, 0.25) is 0 Å². The van der Waals surface area contributed by atoms with E-state index in [-0.39, 0.29) is 16.8 Å². The lowest BCUT2D eigenvalue weighted by Gasteiger charge is -2.13. The number of aromatic nitrogens is 1. The van der Waals surface area contributed by atoms with Gasteiger partial charge < -0.3 is 13.5 Å². The molecular weight excluding hydrogens is 407 g/mol. The fourth-order valence-electron chi connectivity index (χ4n) is 2.38. The largest absolute Gasteiger partial charge is 0.534 e. The quantitative estimate of drug-likeness (QED) is 0.468. The van der Waals surface area contributed by atoms with Crippen LogP contribution in [0.15, 0.2) is 46.6 Å². The molecule has 3 aromatic rings. The number of benzene rings is 1. The molecule has 0 amide bonds. The van der Waals surface area contributed by atoms with E-state index in [9.17, 15) is 26.4 Å². The molecule has 144 valence electrons. The summed E-state index contributed by atoms with van der Waals surface area (Å²) in [6.07, 6.45) is 0. The maximum Gasteiger partial charge on any atom is 0.534 e. The van der Waals surface area contributed by atoms with Gasteiger partial charge in [-0.25, -0.2) is 0 Å². The number of nitrogens with zero attached hydrogens (tertiary/aromatic N) is 1. The minimum Gasteiger partial charge on any atom is -0.497 e. The molecule has 0 spiro atoms. The van der Waals surface area contributed by atoms with Gasteiger partial charge in [-0.1, -0.05) is 12.1 Å². The average molecular weight is 419 g/mol. The van der Waals surface area contributed by atoms with E-state index in [2.05, 4.69) is 4.18 Å². The summed E-state index contributed by atoms with van der Waals surface area (Å²) in [6.45, 7) is 0.141. The first-order valence-corrected chi connectivity index (χ1v) is 9.66. The SMILES string of the molecule is COc1ccc(Cn2c(=O)cc(OS(=O)(=O)C(F)(F)F)c3sccc32)cc1. The Morgan fingerprint density at radius 1 is 1.15 bits per heavy atom. The zero-order valence-corrected chi connectivity index (χ0v) is 15.3. The van der Waals surface area contributed by atoms with Gasteiger partial charge in [-0.05, 0) is 29.1 Å². The summed E-state index contributed by atoms with van der Waals surface area (Å²) in [5.74, 6) is -0.0128. The van der Waals surface area contributed by atoms with Crippen molar-refractivity contribution in [3.05, 3.63) is 57.7 Å². The molecule has 0 saturated carbocycles. The Kier molecular flexibility index (Phi) is 4.91. The van der Waals surface area contributed by atoms with Gasteiger partial charge >= 0.3 is 15.6 Å². The number of alkyl halides is 3. The van der Waals surface area contributed by atoms with Gasteiger partial charge in [-0.3, -0.25) is 4.79 Å². The second kappa shape index (κ2) is 6.89. The van der Waals surface area contributed by atoms with Crippen LogP contribution in [0.25, 0.3) is 10.2 Å². The van der Waals surface area contributed by atoms with Crippen molar-refractivity contribution in [1.29, 1.82) is 0 Å². The summed E-state index contributed by atoms with van der Waals surface area (Å²) < 4.78 is 70.9. The molecule has 0 atom stereocenters. The van der Waals surface area contributed by atoms with Crippen molar-refractivity contribution >= 4 is 31.7 Å². The van der Waals surface area contributed by atoms with Crippen LogP contribution >= 0.6 is 11.3 Å². The van der Waals surface area contributed by atoms with Crippen molar-refractivity contribution in [3.63, 3.8) is 0 Å². The Hall–Kier alpha value is -2.53. The first kappa shape index (κ1) is 19.2. The maximum atomic E-state index is 12.6. The second-order valence-electron chi connectivity index (χ2n) is 5.40. The summed E-state index contributed by atoms with van der Waals surface area (Å²) in [5, 5.41) is 1.53. The molecule has 0 saturated heterocycles. The maximum absolute atomic E-state index is 12.6. The van der Waals surface area contributed by atoms with E-state index >= 15 is 0 Å². The van der Waals surface area contributed by atoms with Crippen molar-refractivity contribution in [3.8, 4) is 11.5 Å². The lowest BCUT2D eigenvalue weighted by molar-refractivity contribution is -0.0499. The Labute approximate surface area is 155 Å². The third kappa shape index (κ3) is 3.78. The molecule has 1 aromatic carbocycles. The molecule has 2 heterocycles. The van der Waals surface area contributed by atoms with E-state index < -0.39 is 26.9 Å². The highest BCUT2D eigenvalue weighted by molar-refractivity contribution is 7.88. The van der Waals surface area contributed by atoms with Gasteiger partial charge in [0.15, 0.2) is 5.75 Å². The summed E-state index contributed by atoms with van der Waals surface area (Å²) in [4.78, 5) is 12.4. The van der Waals surface area contributed by atoms with E-state index in [1.165, 1.54) is 23.1 Å². The van der Waals surface area contributed by atoms with Crippen molar-refractivity contribution in [2.45, 2.75) is 12.1 Å². The molecule has 0 aliphatic carbocycles. The molecule has 0 N–H and O–H groups in total. The van der Waals surface area contributed by atoms with Crippen LogP contribution in [0.4, 0.5) is 13.2 Å². The molecule has 0 unspecified atom stereocenters. The third-order valence-electron chi connectivity index (χ3n) is 3.66. The molecule has 2 aromatic heterocycles. The molecule has 0 aliphatic heterocycles. The minimum absolute atomic E-state index is 0.121.